The molecule has 1 aliphatic heterocycles. The average molecular weight is 412 g/mol. The molecule has 3 aromatic rings. The number of allylic oxidation sites excluding steroid dienone is 1. The Balaban J connectivity index is 1.77. The second-order valence-corrected chi connectivity index (χ2v) is 6.76. The van der Waals surface area contributed by atoms with Gasteiger partial charge in [0.2, 0.25) is 5.95 Å². The van der Waals surface area contributed by atoms with Gasteiger partial charge in [-0.2, -0.15) is 4.68 Å². The van der Waals surface area contributed by atoms with Gasteiger partial charge in [-0.1, -0.05) is 28.8 Å². The van der Waals surface area contributed by atoms with Crippen LogP contribution in [0.1, 0.15) is 18.5 Å². The van der Waals surface area contributed by atoms with Crippen LogP contribution in [0.4, 0.5) is 17.3 Å². The Hall–Kier alpha value is -3.79. The van der Waals surface area contributed by atoms with Crippen LogP contribution in [0.2, 0.25) is 5.02 Å². The monoisotopic (exact) mass is 411 g/mol. The maximum Gasteiger partial charge on any atom is 0.269 e. The fourth-order valence-corrected chi connectivity index (χ4v) is 3.28. The van der Waals surface area contributed by atoms with E-state index in [0.29, 0.717) is 33.5 Å². The Morgan fingerprint density at radius 2 is 2.03 bits per heavy atom. The molecule has 1 amide bonds. The Labute approximate surface area is 169 Å². The molecule has 0 bridgehead atoms. The fraction of sp³-hybridized carbons (Fsp3) is 0.111. The number of tetrazole rings is 1. The Bertz CT molecular complexity index is 1140. The lowest BCUT2D eigenvalue weighted by molar-refractivity contribution is -0.384. The minimum absolute atomic E-state index is 0.0919. The van der Waals surface area contributed by atoms with Crippen molar-refractivity contribution in [2.75, 3.05) is 10.6 Å². The lowest BCUT2D eigenvalue weighted by atomic mass is 9.94. The minimum atomic E-state index is -0.742. The van der Waals surface area contributed by atoms with Gasteiger partial charge >= 0.3 is 0 Å². The summed E-state index contributed by atoms with van der Waals surface area (Å²) in [6.45, 7) is 1.72. The van der Waals surface area contributed by atoms with Crippen molar-refractivity contribution in [2.45, 2.75) is 13.0 Å². The van der Waals surface area contributed by atoms with Gasteiger partial charge in [0.25, 0.3) is 11.6 Å². The molecular weight excluding hydrogens is 398 g/mol. The summed E-state index contributed by atoms with van der Waals surface area (Å²) in [5, 5.41) is 29.1. The normalized spacial score (nSPS) is 15.4. The number of fused-ring (bicyclic) bond motifs is 1. The van der Waals surface area contributed by atoms with Crippen molar-refractivity contribution >= 4 is 34.8 Å². The zero-order valence-corrected chi connectivity index (χ0v) is 15.8. The molecule has 1 atom stereocenters. The third-order valence-corrected chi connectivity index (χ3v) is 4.71. The highest BCUT2D eigenvalue weighted by molar-refractivity contribution is 6.30. The summed E-state index contributed by atoms with van der Waals surface area (Å²) in [6, 6.07) is 12.0. The van der Waals surface area contributed by atoms with Gasteiger partial charge in [0, 0.05) is 28.5 Å². The number of amides is 1. The number of nitro groups is 1. The fourth-order valence-electron chi connectivity index (χ4n) is 3.15. The van der Waals surface area contributed by atoms with Crippen LogP contribution in [0.15, 0.2) is 59.8 Å². The summed E-state index contributed by atoms with van der Waals surface area (Å²) < 4.78 is 1.42. The van der Waals surface area contributed by atoms with Crippen molar-refractivity contribution in [3.05, 3.63) is 80.5 Å². The van der Waals surface area contributed by atoms with Crippen molar-refractivity contribution in [2.24, 2.45) is 0 Å². The van der Waals surface area contributed by atoms with Crippen LogP contribution >= 0.6 is 11.6 Å². The summed E-state index contributed by atoms with van der Waals surface area (Å²) in [5.41, 5.74) is 1.84. The number of hydrogen-bond acceptors (Lipinski definition) is 7. The molecule has 29 heavy (non-hydrogen) atoms. The minimum Gasteiger partial charge on any atom is -0.326 e. The molecule has 1 unspecified atom stereocenters. The molecule has 2 heterocycles. The first kappa shape index (κ1) is 18.6. The molecule has 146 valence electrons. The van der Waals surface area contributed by atoms with Gasteiger partial charge in [0.1, 0.15) is 6.04 Å². The molecule has 1 aromatic heterocycles. The lowest BCUT2D eigenvalue weighted by Gasteiger charge is -2.27. The van der Waals surface area contributed by atoms with E-state index in [1.807, 2.05) is 0 Å². The van der Waals surface area contributed by atoms with Gasteiger partial charge in [0.15, 0.2) is 0 Å². The molecule has 0 aliphatic carbocycles. The van der Waals surface area contributed by atoms with Gasteiger partial charge in [0.05, 0.1) is 10.5 Å². The maximum atomic E-state index is 13.1. The predicted molar refractivity (Wildman–Crippen MR) is 105 cm³/mol. The van der Waals surface area contributed by atoms with Gasteiger partial charge in [-0.3, -0.25) is 14.9 Å². The van der Waals surface area contributed by atoms with Gasteiger partial charge < -0.3 is 10.6 Å². The van der Waals surface area contributed by atoms with Crippen LogP contribution in [0.5, 0.6) is 0 Å². The van der Waals surface area contributed by atoms with E-state index >= 15 is 0 Å². The number of benzene rings is 2. The second-order valence-electron chi connectivity index (χ2n) is 6.33. The van der Waals surface area contributed by atoms with E-state index in [9.17, 15) is 14.9 Å². The van der Waals surface area contributed by atoms with E-state index < -0.39 is 16.9 Å². The van der Waals surface area contributed by atoms with Gasteiger partial charge in [-0.15, -0.1) is 0 Å². The molecule has 0 saturated heterocycles. The highest BCUT2D eigenvalue weighted by Gasteiger charge is 2.34. The van der Waals surface area contributed by atoms with Crippen LogP contribution in [-0.4, -0.2) is 31.0 Å². The standard InChI is InChI=1S/C18H14ClN7O3/c1-10-15(17(27)21-13-7-5-12(19)6-8-13)16(25-18(20-10)22-23-24-25)11-3-2-4-14(9-11)26(28)29/h2-9,16H,1H3,(H,21,27)(H,20,22,24). The molecule has 1 aliphatic rings. The van der Waals surface area contributed by atoms with Crippen LogP contribution in [-0.2, 0) is 4.79 Å². The van der Waals surface area contributed by atoms with Crippen molar-refractivity contribution in [3.8, 4) is 0 Å². The number of aromatic nitrogens is 4. The molecule has 10 nitrogen and oxygen atoms in total. The molecule has 2 N–H and O–H groups in total. The number of carbonyl (C=O) groups excluding carboxylic acids is 1. The molecule has 4 rings (SSSR count). The number of nitrogens with one attached hydrogen (secondary N) is 2. The summed E-state index contributed by atoms with van der Waals surface area (Å²) >= 11 is 5.89. The molecule has 0 spiro atoms. The van der Waals surface area contributed by atoms with E-state index in [-0.39, 0.29) is 5.69 Å². The number of halogens is 1. The number of nitrogens with zero attached hydrogens (tertiary/aromatic N) is 5. The summed E-state index contributed by atoms with van der Waals surface area (Å²) in [5.74, 6) is -0.0583. The molecule has 0 radical (unpaired) electrons. The predicted octanol–water partition coefficient (Wildman–Crippen LogP) is 3.16. The molecule has 2 aromatic carbocycles. The highest BCUT2D eigenvalue weighted by atomic mass is 35.5. The zero-order chi connectivity index (χ0) is 20.5. The van der Waals surface area contributed by atoms with Crippen LogP contribution < -0.4 is 10.6 Å². The first-order valence-corrected chi connectivity index (χ1v) is 8.89. The third kappa shape index (κ3) is 3.52. The van der Waals surface area contributed by atoms with Crippen molar-refractivity contribution in [3.63, 3.8) is 0 Å². The van der Waals surface area contributed by atoms with E-state index in [1.165, 1.54) is 16.8 Å². The second kappa shape index (κ2) is 7.32. The average Bonchev–Trinajstić information content (AvgIpc) is 3.16. The Morgan fingerprint density at radius 1 is 1.28 bits per heavy atom. The Kier molecular flexibility index (Phi) is 4.69. The number of nitro benzene ring substituents is 1. The van der Waals surface area contributed by atoms with Gasteiger partial charge in [-0.25, -0.2) is 0 Å². The number of anilines is 2. The highest BCUT2D eigenvalue weighted by Crippen LogP contribution is 2.36. The maximum absolute atomic E-state index is 13.1. The Morgan fingerprint density at radius 3 is 2.76 bits per heavy atom. The lowest BCUT2D eigenvalue weighted by Crippen LogP contribution is -2.31. The number of carbonyl (C=O) groups is 1. The van der Waals surface area contributed by atoms with E-state index in [4.69, 9.17) is 11.6 Å². The van der Waals surface area contributed by atoms with Crippen LogP contribution in [0.25, 0.3) is 0 Å². The summed E-state index contributed by atoms with van der Waals surface area (Å²) in [4.78, 5) is 23.9. The third-order valence-electron chi connectivity index (χ3n) is 4.46. The van der Waals surface area contributed by atoms with Crippen molar-refractivity contribution in [1.82, 2.24) is 20.2 Å². The SMILES string of the molecule is CC1=C(C(=O)Nc2ccc(Cl)cc2)C(c2cccc([N+](=O)[O-])c2)n2nnnc2N1. The van der Waals surface area contributed by atoms with Crippen molar-refractivity contribution in [1.29, 1.82) is 0 Å². The summed E-state index contributed by atoms with van der Waals surface area (Å²) in [6.07, 6.45) is 0. The number of rotatable bonds is 4. The number of hydrogen-bond donors (Lipinski definition) is 2. The van der Waals surface area contributed by atoms with Crippen molar-refractivity contribution < 1.29 is 9.72 Å². The van der Waals surface area contributed by atoms with Crippen LogP contribution in [0.3, 0.4) is 0 Å². The van der Waals surface area contributed by atoms with Gasteiger partial charge in [-0.05, 0) is 47.2 Å². The molecule has 0 fully saturated rings. The quantitative estimate of drug-likeness (QED) is 0.498. The molecule has 11 heteroatoms. The largest absolute Gasteiger partial charge is 0.326 e. The smallest absolute Gasteiger partial charge is 0.269 e. The van der Waals surface area contributed by atoms with E-state index in [0.717, 1.165) is 0 Å². The van der Waals surface area contributed by atoms with E-state index in [1.54, 1.807) is 43.3 Å². The van der Waals surface area contributed by atoms with Crippen LogP contribution in [0, 0.1) is 10.1 Å². The summed E-state index contributed by atoms with van der Waals surface area (Å²) in [7, 11) is 0. The topological polar surface area (TPSA) is 128 Å². The first-order valence-electron chi connectivity index (χ1n) is 8.51. The molecule has 0 saturated carbocycles. The number of non-ortho nitro benzene ring substituents is 1. The molecular formula is C18H14ClN7O3. The first-order chi connectivity index (χ1) is 13.9. The zero-order valence-electron chi connectivity index (χ0n) is 15.0. The van der Waals surface area contributed by atoms with E-state index in [2.05, 4.69) is 26.2 Å².